The van der Waals surface area contributed by atoms with E-state index in [2.05, 4.69) is 43.2 Å². The van der Waals surface area contributed by atoms with E-state index >= 15 is 0 Å². The quantitative estimate of drug-likeness (QED) is 0.625. The molecule has 1 aromatic rings. The third kappa shape index (κ3) is 3.07. The number of methoxy groups -OCH3 is 1. The number of benzene rings is 1. The third-order valence-electron chi connectivity index (χ3n) is 5.03. The SMILES string of the molecule is CCC(C)(C(NN)c1cc(C)ccc1OC)N1CCCC1. The van der Waals surface area contributed by atoms with Crippen LogP contribution in [0.25, 0.3) is 0 Å². The molecule has 3 N–H and O–H groups in total. The van der Waals surface area contributed by atoms with E-state index in [1.54, 1.807) is 7.11 Å². The molecule has 0 aliphatic carbocycles. The van der Waals surface area contributed by atoms with Gasteiger partial charge < -0.3 is 4.74 Å². The summed E-state index contributed by atoms with van der Waals surface area (Å²) in [5.41, 5.74) is 5.44. The van der Waals surface area contributed by atoms with Crippen molar-refractivity contribution in [1.82, 2.24) is 10.3 Å². The van der Waals surface area contributed by atoms with Crippen LogP contribution in [0.2, 0.25) is 0 Å². The molecule has 1 aliphatic heterocycles. The summed E-state index contributed by atoms with van der Waals surface area (Å²) in [4.78, 5) is 2.57. The first kappa shape index (κ1) is 16.3. The van der Waals surface area contributed by atoms with E-state index in [0.717, 1.165) is 30.8 Å². The van der Waals surface area contributed by atoms with Crippen LogP contribution < -0.4 is 16.0 Å². The van der Waals surface area contributed by atoms with Gasteiger partial charge in [-0.05, 0) is 52.3 Å². The minimum absolute atomic E-state index is 0.00762. The van der Waals surface area contributed by atoms with Crippen LogP contribution in [0, 0.1) is 6.92 Å². The molecule has 2 atom stereocenters. The number of ether oxygens (including phenoxy) is 1. The number of rotatable bonds is 6. The molecule has 2 rings (SSSR count). The molecule has 0 aromatic heterocycles. The van der Waals surface area contributed by atoms with Crippen molar-refractivity contribution in [2.75, 3.05) is 20.2 Å². The molecule has 0 spiro atoms. The first-order valence-electron chi connectivity index (χ1n) is 7.92. The van der Waals surface area contributed by atoms with Crippen molar-refractivity contribution in [3.63, 3.8) is 0 Å². The zero-order chi connectivity index (χ0) is 15.5. The Labute approximate surface area is 128 Å². The number of likely N-dealkylation sites (tertiary alicyclic amines) is 1. The number of aryl methyl sites for hydroxylation is 1. The predicted octanol–water partition coefficient (Wildman–Crippen LogP) is 2.77. The molecule has 1 aliphatic rings. The Morgan fingerprint density at radius 2 is 2.05 bits per heavy atom. The summed E-state index contributed by atoms with van der Waals surface area (Å²) in [5, 5.41) is 0. The summed E-state index contributed by atoms with van der Waals surface area (Å²) in [7, 11) is 1.72. The normalized spacial score (nSPS) is 20.2. The highest BCUT2D eigenvalue weighted by atomic mass is 16.5. The predicted molar refractivity (Wildman–Crippen MR) is 87.3 cm³/mol. The molecular formula is C17H29N3O. The number of hydrazine groups is 1. The van der Waals surface area contributed by atoms with Gasteiger partial charge in [-0.25, -0.2) is 0 Å². The standard InChI is InChI=1S/C17H29N3O/c1-5-17(3,20-10-6-7-11-20)16(19-18)14-12-13(2)8-9-15(14)21-4/h8-9,12,16,19H,5-7,10-11,18H2,1-4H3. The smallest absolute Gasteiger partial charge is 0.123 e. The minimum Gasteiger partial charge on any atom is -0.496 e. The van der Waals surface area contributed by atoms with Gasteiger partial charge in [0, 0.05) is 11.1 Å². The number of hydrogen-bond acceptors (Lipinski definition) is 4. The van der Waals surface area contributed by atoms with E-state index in [-0.39, 0.29) is 11.6 Å². The second-order valence-electron chi connectivity index (χ2n) is 6.25. The van der Waals surface area contributed by atoms with Crippen molar-refractivity contribution in [3.8, 4) is 5.75 Å². The molecule has 1 aromatic carbocycles. The van der Waals surface area contributed by atoms with Crippen LogP contribution >= 0.6 is 0 Å². The third-order valence-corrected chi connectivity index (χ3v) is 5.03. The second kappa shape index (κ2) is 6.77. The Morgan fingerprint density at radius 1 is 1.38 bits per heavy atom. The minimum atomic E-state index is -0.00762. The van der Waals surface area contributed by atoms with Gasteiger partial charge in [0.05, 0.1) is 13.2 Å². The Hall–Kier alpha value is -1.10. The van der Waals surface area contributed by atoms with Gasteiger partial charge in [0.2, 0.25) is 0 Å². The summed E-state index contributed by atoms with van der Waals surface area (Å²) in [5.74, 6) is 6.88. The molecule has 2 unspecified atom stereocenters. The molecule has 4 heteroatoms. The number of hydrogen-bond donors (Lipinski definition) is 2. The molecule has 21 heavy (non-hydrogen) atoms. The first-order valence-corrected chi connectivity index (χ1v) is 7.92. The summed E-state index contributed by atoms with van der Waals surface area (Å²) >= 11 is 0. The maximum Gasteiger partial charge on any atom is 0.123 e. The monoisotopic (exact) mass is 291 g/mol. The highest BCUT2D eigenvalue weighted by Gasteiger charge is 2.40. The van der Waals surface area contributed by atoms with E-state index in [9.17, 15) is 0 Å². The molecule has 0 radical (unpaired) electrons. The maximum absolute atomic E-state index is 5.98. The van der Waals surface area contributed by atoms with Crippen LogP contribution in [-0.4, -0.2) is 30.6 Å². The zero-order valence-electron chi connectivity index (χ0n) is 13.8. The van der Waals surface area contributed by atoms with Gasteiger partial charge in [-0.1, -0.05) is 24.6 Å². The van der Waals surface area contributed by atoms with Crippen molar-refractivity contribution in [2.45, 2.75) is 51.6 Å². The lowest BCUT2D eigenvalue weighted by Crippen LogP contribution is -2.54. The second-order valence-corrected chi connectivity index (χ2v) is 6.25. The largest absolute Gasteiger partial charge is 0.496 e. The highest BCUT2D eigenvalue weighted by Crippen LogP contribution is 2.39. The summed E-state index contributed by atoms with van der Waals surface area (Å²) in [6, 6.07) is 6.35. The van der Waals surface area contributed by atoms with E-state index < -0.39 is 0 Å². The molecule has 0 bridgehead atoms. The van der Waals surface area contributed by atoms with Crippen molar-refractivity contribution >= 4 is 0 Å². The Morgan fingerprint density at radius 3 is 2.57 bits per heavy atom. The van der Waals surface area contributed by atoms with E-state index in [1.807, 2.05) is 6.07 Å². The van der Waals surface area contributed by atoms with Crippen LogP contribution in [0.5, 0.6) is 5.75 Å². The van der Waals surface area contributed by atoms with Crippen LogP contribution in [-0.2, 0) is 0 Å². The molecular weight excluding hydrogens is 262 g/mol. The lowest BCUT2D eigenvalue weighted by molar-refractivity contribution is 0.0828. The average Bonchev–Trinajstić information content (AvgIpc) is 3.03. The van der Waals surface area contributed by atoms with Gasteiger partial charge >= 0.3 is 0 Å². The van der Waals surface area contributed by atoms with E-state index in [1.165, 1.54) is 18.4 Å². The fourth-order valence-electron chi connectivity index (χ4n) is 3.52. The van der Waals surface area contributed by atoms with Crippen molar-refractivity contribution in [3.05, 3.63) is 29.3 Å². The van der Waals surface area contributed by atoms with Crippen LogP contribution in [0.15, 0.2) is 18.2 Å². The van der Waals surface area contributed by atoms with Gasteiger partial charge in [-0.15, -0.1) is 0 Å². The van der Waals surface area contributed by atoms with Gasteiger partial charge in [-0.3, -0.25) is 16.2 Å². The topological polar surface area (TPSA) is 50.5 Å². The van der Waals surface area contributed by atoms with Crippen LogP contribution in [0.3, 0.4) is 0 Å². The fraction of sp³-hybridized carbons (Fsp3) is 0.647. The van der Waals surface area contributed by atoms with Gasteiger partial charge in [0.25, 0.3) is 0 Å². The van der Waals surface area contributed by atoms with Crippen molar-refractivity contribution in [2.24, 2.45) is 5.84 Å². The lowest BCUT2D eigenvalue weighted by atomic mass is 9.82. The molecule has 1 saturated heterocycles. The fourth-order valence-corrected chi connectivity index (χ4v) is 3.52. The number of nitrogens with one attached hydrogen (secondary N) is 1. The molecule has 4 nitrogen and oxygen atoms in total. The van der Waals surface area contributed by atoms with Crippen molar-refractivity contribution < 1.29 is 4.74 Å². The van der Waals surface area contributed by atoms with E-state index in [4.69, 9.17) is 10.6 Å². The molecule has 1 heterocycles. The Bertz CT molecular complexity index is 471. The Kier molecular flexibility index (Phi) is 5.25. The summed E-state index contributed by atoms with van der Waals surface area (Å²) in [6.07, 6.45) is 3.59. The lowest BCUT2D eigenvalue weighted by Gasteiger charge is -2.44. The van der Waals surface area contributed by atoms with Crippen LogP contribution in [0.1, 0.15) is 50.3 Å². The Balaban J connectivity index is 2.43. The van der Waals surface area contributed by atoms with Crippen molar-refractivity contribution in [1.29, 1.82) is 0 Å². The summed E-state index contributed by atoms with van der Waals surface area (Å²) < 4.78 is 5.57. The number of nitrogens with zero attached hydrogens (tertiary/aromatic N) is 1. The average molecular weight is 291 g/mol. The first-order chi connectivity index (χ1) is 10.1. The molecule has 1 fully saturated rings. The molecule has 118 valence electrons. The zero-order valence-corrected chi connectivity index (χ0v) is 13.8. The molecule has 0 amide bonds. The van der Waals surface area contributed by atoms with Gasteiger partial charge in [0.15, 0.2) is 0 Å². The van der Waals surface area contributed by atoms with Gasteiger partial charge in [-0.2, -0.15) is 0 Å². The van der Waals surface area contributed by atoms with Crippen LogP contribution in [0.4, 0.5) is 0 Å². The highest BCUT2D eigenvalue weighted by molar-refractivity contribution is 5.40. The van der Waals surface area contributed by atoms with Gasteiger partial charge in [0.1, 0.15) is 5.75 Å². The summed E-state index contributed by atoms with van der Waals surface area (Å²) in [6.45, 7) is 8.96. The number of nitrogens with two attached hydrogens (primary N) is 1. The van der Waals surface area contributed by atoms with E-state index in [0.29, 0.717) is 0 Å². The molecule has 0 saturated carbocycles. The maximum atomic E-state index is 5.98.